The smallest absolute Gasteiger partial charge is 0.146 e. The molecule has 0 unspecified atom stereocenters. The van der Waals surface area contributed by atoms with Gasteiger partial charge in [-0.15, -0.1) is 0 Å². The van der Waals surface area contributed by atoms with Gasteiger partial charge in [0, 0.05) is 38.5 Å². The van der Waals surface area contributed by atoms with Crippen molar-refractivity contribution in [3.05, 3.63) is 164 Å². The Balaban J connectivity index is 1.28. The fourth-order valence-electron chi connectivity index (χ4n) is 7.96. The van der Waals surface area contributed by atoms with E-state index in [0.717, 1.165) is 61.4 Å². The van der Waals surface area contributed by atoms with E-state index in [-0.39, 0.29) is 0 Å². The molecule has 49 heavy (non-hydrogen) atoms. The van der Waals surface area contributed by atoms with Crippen LogP contribution in [0.5, 0.6) is 0 Å². The van der Waals surface area contributed by atoms with E-state index < -0.39 is 0 Å². The van der Waals surface area contributed by atoms with Crippen molar-refractivity contribution in [1.29, 1.82) is 0 Å². The Morgan fingerprint density at radius 3 is 1.88 bits per heavy atom. The van der Waals surface area contributed by atoms with Gasteiger partial charge in [0.1, 0.15) is 11.5 Å². The molecule has 0 bridgehead atoms. The Labute approximate surface area is 280 Å². The molecule has 5 heteroatoms. The van der Waals surface area contributed by atoms with Gasteiger partial charge in [-0.2, -0.15) is 0 Å². The first-order valence-electron chi connectivity index (χ1n) is 16.6. The molecular weight excluding hydrogens is 599 g/mol. The largest absolute Gasteiger partial charge is 0.309 e. The van der Waals surface area contributed by atoms with Crippen LogP contribution in [0.15, 0.2) is 164 Å². The maximum atomic E-state index is 5.20. The van der Waals surface area contributed by atoms with Gasteiger partial charge < -0.3 is 4.57 Å². The highest BCUT2D eigenvalue weighted by Gasteiger charge is 2.21. The molecule has 228 valence electrons. The average Bonchev–Trinajstić information content (AvgIpc) is 3.85. The number of benzene rings is 7. The number of fused-ring (bicyclic) bond motifs is 13. The van der Waals surface area contributed by atoms with Crippen molar-refractivity contribution in [3.8, 4) is 22.8 Å². The third-order valence-electron chi connectivity index (χ3n) is 9.99. The molecule has 0 N–H and O–H groups in total. The zero-order valence-corrected chi connectivity index (χ0v) is 26.3. The lowest BCUT2D eigenvalue weighted by atomic mass is 10.0. The minimum Gasteiger partial charge on any atom is -0.309 e. The molecule has 5 nitrogen and oxygen atoms in total. The van der Waals surface area contributed by atoms with Gasteiger partial charge in [0.2, 0.25) is 0 Å². The van der Waals surface area contributed by atoms with Crippen LogP contribution in [0.1, 0.15) is 0 Å². The monoisotopic (exact) mass is 625 g/mol. The molecule has 0 saturated heterocycles. The Kier molecular flexibility index (Phi) is 5.32. The van der Waals surface area contributed by atoms with Gasteiger partial charge in [-0.3, -0.25) is 8.97 Å². The fourth-order valence-corrected chi connectivity index (χ4v) is 7.96. The van der Waals surface area contributed by atoms with E-state index in [9.17, 15) is 0 Å². The zero-order chi connectivity index (χ0) is 32.1. The van der Waals surface area contributed by atoms with Crippen LogP contribution in [0, 0.1) is 0 Å². The molecule has 0 fully saturated rings. The van der Waals surface area contributed by atoms with E-state index >= 15 is 0 Å². The van der Waals surface area contributed by atoms with E-state index in [2.05, 4.69) is 177 Å². The van der Waals surface area contributed by atoms with E-state index in [4.69, 9.17) is 9.97 Å². The normalized spacial score (nSPS) is 12.1. The van der Waals surface area contributed by atoms with Crippen molar-refractivity contribution in [2.24, 2.45) is 0 Å². The highest BCUT2D eigenvalue weighted by atomic mass is 15.1. The van der Waals surface area contributed by atoms with Crippen LogP contribution < -0.4 is 0 Å². The van der Waals surface area contributed by atoms with Gasteiger partial charge in [0.15, 0.2) is 0 Å². The topological polar surface area (TPSA) is 40.0 Å². The molecule has 0 saturated carbocycles. The third kappa shape index (κ3) is 3.64. The molecular formula is C44H27N5. The molecule has 0 aliphatic carbocycles. The quantitative estimate of drug-likeness (QED) is 0.183. The summed E-state index contributed by atoms with van der Waals surface area (Å²) < 4.78 is 7.06. The first-order chi connectivity index (χ1) is 24.3. The zero-order valence-electron chi connectivity index (χ0n) is 26.3. The van der Waals surface area contributed by atoms with Crippen LogP contribution in [0.25, 0.3) is 94.0 Å². The molecule has 0 atom stereocenters. The minimum atomic E-state index is 0.914. The molecule has 11 rings (SSSR count). The second-order valence-electron chi connectivity index (χ2n) is 12.7. The van der Waals surface area contributed by atoms with Crippen LogP contribution in [-0.2, 0) is 0 Å². The molecule has 0 aliphatic rings. The number of para-hydroxylation sites is 6. The van der Waals surface area contributed by atoms with Gasteiger partial charge in [-0.25, -0.2) is 9.97 Å². The van der Waals surface area contributed by atoms with Gasteiger partial charge in [0.05, 0.1) is 38.6 Å². The summed E-state index contributed by atoms with van der Waals surface area (Å²) >= 11 is 0. The van der Waals surface area contributed by atoms with Crippen LogP contribution >= 0.6 is 0 Å². The average molecular weight is 626 g/mol. The predicted octanol–water partition coefficient (Wildman–Crippen LogP) is 10.9. The molecule has 11 aromatic rings. The van der Waals surface area contributed by atoms with Crippen molar-refractivity contribution in [1.82, 2.24) is 23.5 Å². The SMILES string of the molecule is c1ccc(-n2c(-c3cccc(-n4c5ccccc5c5ccc6c(c7ccccc7c7nc8ccccc8n67)c54)c3)nc3ccccc32)cc1. The minimum absolute atomic E-state index is 0.914. The Morgan fingerprint density at radius 2 is 1.04 bits per heavy atom. The lowest BCUT2D eigenvalue weighted by molar-refractivity contribution is 1.10. The molecule has 0 aliphatic heterocycles. The molecule has 0 spiro atoms. The number of pyridine rings is 1. The van der Waals surface area contributed by atoms with E-state index in [1.807, 2.05) is 0 Å². The standard InChI is InChI=1S/C44H27N5/c1-2-14-29(15-3-1)48-38-23-10-7-20-35(38)45-43(48)28-13-12-16-30(27-28)47-37-22-9-6-17-31(37)33-25-26-40-41(42(33)47)32-18-4-5-19-34(32)44-46-36-21-8-11-24-39(36)49(40)44/h1-27H. The summed E-state index contributed by atoms with van der Waals surface area (Å²) in [6.45, 7) is 0. The van der Waals surface area contributed by atoms with Crippen molar-refractivity contribution < 1.29 is 0 Å². The number of hydrogen-bond acceptors (Lipinski definition) is 2. The van der Waals surface area contributed by atoms with Gasteiger partial charge in [-0.05, 0) is 66.0 Å². The highest BCUT2D eigenvalue weighted by molar-refractivity contribution is 6.27. The third-order valence-corrected chi connectivity index (χ3v) is 9.99. The van der Waals surface area contributed by atoms with E-state index in [1.54, 1.807) is 0 Å². The molecule has 7 aromatic carbocycles. The Morgan fingerprint density at radius 1 is 0.388 bits per heavy atom. The number of rotatable bonds is 3. The van der Waals surface area contributed by atoms with Crippen LogP contribution in [-0.4, -0.2) is 23.5 Å². The Bertz CT molecular complexity index is 3110. The predicted molar refractivity (Wildman–Crippen MR) is 202 cm³/mol. The summed E-state index contributed by atoms with van der Waals surface area (Å²) in [5.41, 5.74) is 11.8. The summed E-state index contributed by atoms with van der Waals surface area (Å²) in [4.78, 5) is 10.3. The summed E-state index contributed by atoms with van der Waals surface area (Å²) in [6, 6.07) is 58.2. The molecule has 4 aromatic heterocycles. The summed E-state index contributed by atoms with van der Waals surface area (Å²) in [6.07, 6.45) is 0. The van der Waals surface area contributed by atoms with Gasteiger partial charge in [-0.1, -0.05) is 103 Å². The van der Waals surface area contributed by atoms with Crippen molar-refractivity contribution in [3.63, 3.8) is 0 Å². The lowest BCUT2D eigenvalue weighted by Crippen LogP contribution is -2.00. The second-order valence-corrected chi connectivity index (χ2v) is 12.7. The summed E-state index contributed by atoms with van der Waals surface area (Å²) in [5, 5.41) is 5.99. The van der Waals surface area contributed by atoms with Crippen LogP contribution in [0.2, 0.25) is 0 Å². The Hall–Kier alpha value is -6.72. The number of imidazole rings is 2. The van der Waals surface area contributed by atoms with Crippen molar-refractivity contribution in [2.75, 3.05) is 0 Å². The molecule has 0 amide bonds. The molecule has 4 heterocycles. The number of hydrogen-bond donors (Lipinski definition) is 0. The number of nitrogens with zero attached hydrogens (tertiary/aromatic N) is 5. The van der Waals surface area contributed by atoms with Crippen molar-refractivity contribution >= 4 is 71.2 Å². The highest BCUT2D eigenvalue weighted by Crippen LogP contribution is 2.42. The second kappa shape index (κ2) is 9.89. The summed E-state index contributed by atoms with van der Waals surface area (Å²) in [7, 11) is 0. The van der Waals surface area contributed by atoms with E-state index in [1.165, 1.54) is 32.6 Å². The maximum Gasteiger partial charge on any atom is 0.146 e. The van der Waals surface area contributed by atoms with Crippen LogP contribution in [0.4, 0.5) is 0 Å². The molecule has 0 radical (unpaired) electrons. The van der Waals surface area contributed by atoms with Gasteiger partial charge >= 0.3 is 0 Å². The summed E-state index contributed by atoms with van der Waals surface area (Å²) in [5.74, 6) is 0.914. The maximum absolute atomic E-state index is 5.20. The fraction of sp³-hybridized carbons (Fsp3) is 0. The van der Waals surface area contributed by atoms with E-state index in [0.29, 0.717) is 0 Å². The van der Waals surface area contributed by atoms with Gasteiger partial charge in [0.25, 0.3) is 0 Å². The van der Waals surface area contributed by atoms with Crippen molar-refractivity contribution in [2.45, 2.75) is 0 Å². The first-order valence-corrected chi connectivity index (χ1v) is 16.6. The number of aromatic nitrogens is 5. The van der Waals surface area contributed by atoms with Crippen LogP contribution in [0.3, 0.4) is 0 Å². The lowest BCUT2D eigenvalue weighted by Gasteiger charge is -2.15. The first kappa shape index (κ1) is 26.4.